The van der Waals surface area contributed by atoms with Crippen molar-refractivity contribution in [3.05, 3.63) is 0 Å². The molecule has 7 heavy (non-hydrogen) atoms. The van der Waals surface area contributed by atoms with Crippen molar-refractivity contribution in [2.45, 2.75) is 13.8 Å². The van der Waals surface area contributed by atoms with Crippen LogP contribution in [0.2, 0.25) is 0 Å². The molecule has 0 aliphatic rings. The second-order valence-electron chi connectivity index (χ2n) is 0.347. The van der Waals surface area contributed by atoms with Crippen LogP contribution in [0.4, 0.5) is 0 Å². The van der Waals surface area contributed by atoms with E-state index in [1.807, 2.05) is 13.8 Å². The van der Waals surface area contributed by atoms with Crippen molar-refractivity contribution in [2.75, 3.05) is 0 Å². The lowest BCUT2D eigenvalue weighted by molar-refractivity contribution is 0.408. The summed E-state index contributed by atoms with van der Waals surface area (Å²) in [4.78, 5) is 0. The standard InChI is InChI=1S/C2H6.B2H2O3/c1-2;3-1-5-2-4/h1-2H3;3-4H. The molecule has 0 amide bonds. The van der Waals surface area contributed by atoms with Crippen LogP contribution in [-0.2, 0) is 4.57 Å². The Labute approximate surface area is 44.9 Å². The summed E-state index contributed by atoms with van der Waals surface area (Å²) in [5, 5.41) is 15.1. The van der Waals surface area contributed by atoms with Crippen molar-refractivity contribution in [3.63, 3.8) is 0 Å². The Morgan fingerprint density at radius 1 is 1.14 bits per heavy atom. The van der Waals surface area contributed by atoms with E-state index < -0.39 is 0 Å². The van der Waals surface area contributed by atoms with Crippen molar-refractivity contribution < 1.29 is 14.6 Å². The van der Waals surface area contributed by atoms with E-state index in [0.717, 1.165) is 0 Å². The summed E-state index contributed by atoms with van der Waals surface area (Å²) >= 11 is 0. The van der Waals surface area contributed by atoms with Crippen LogP contribution in [0.15, 0.2) is 0 Å². The van der Waals surface area contributed by atoms with Gasteiger partial charge in [-0.05, 0) is 0 Å². The van der Waals surface area contributed by atoms with Crippen LogP contribution in [-0.4, -0.2) is 25.4 Å². The van der Waals surface area contributed by atoms with Crippen molar-refractivity contribution in [1.29, 1.82) is 0 Å². The van der Waals surface area contributed by atoms with Gasteiger partial charge in [-0.25, -0.2) is 0 Å². The molecule has 5 heteroatoms. The zero-order valence-corrected chi connectivity index (χ0v) is 4.46. The lowest BCUT2D eigenvalue weighted by Crippen LogP contribution is -2.00. The average molecular weight is 102 g/mol. The van der Waals surface area contributed by atoms with Gasteiger partial charge >= 0.3 is 15.4 Å². The molecular weight excluding hydrogens is 93.6 g/mol. The zero-order chi connectivity index (χ0) is 6.12. The van der Waals surface area contributed by atoms with E-state index in [0.29, 0.717) is 15.4 Å². The van der Waals surface area contributed by atoms with Gasteiger partial charge in [0, 0.05) is 0 Å². The second-order valence-corrected chi connectivity index (χ2v) is 0.347. The molecule has 0 rings (SSSR count). The van der Waals surface area contributed by atoms with Crippen molar-refractivity contribution in [3.8, 4) is 0 Å². The van der Waals surface area contributed by atoms with Gasteiger partial charge < -0.3 is 14.6 Å². The molecule has 40 valence electrons. The fourth-order valence-corrected chi connectivity index (χ4v) is 0.0272. The summed E-state index contributed by atoms with van der Waals surface area (Å²) in [6, 6.07) is 0. The summed E-state index contributed by atoms with van der Waals surface area (Å²) in [6.45, 7) is 4.00. The van der Waals surface area contributed by atoms with Crippen molar-refractivity contribution >= 4 is 15.4 Å². The Kier molecular flexibility index (Phi) is 24.0. The second kappa shape index (κ2) is 16.7. The molecule has 0 atom stereocenters. The topological polar surface area (TPSA) is 49.7 Å². The Balaban J connectivity index is 0. The van der Waals surface area contributed by atoms with E-state index in [-0.39, 0.29) is 0 Å². The molecule has 0 aliphatic heterocycles. The fraction of sp³-hybridized carbons (Fsp3) is 1.00. The highest BCUT2D eigenvalue weighted by Crippen LogP contribution is 1.48. The summed E-state index contributed by atoms with van der Waals surface area (Å²) in [7, 11) is 0.750. The van der Waals surface area contributed by atoms with Gasteiger partial charge in [0.1, 0.15) is 0 Å². The first kappa shape index (κ1) is 10.1. The smallest absolute Gasteiger partial charge is 0.456 e. The SMILES string of the molecule is CC.O[B]O[B]O. The molecule has 2 radical (unpaired) electrons. The third kappa shape index (κ3) is 23.9. The van der Waals surface area contributed by atoms with Gasteiger partial charge in [0.2, 0.25) is 0 Å². The highest BCUT2D eigenvalue weighted by molar-refractivity contribution is 6.32. The van der Waals surface area contributed by atoms with E-state index in [1.54, 1.807) is 0 Å². The normalized spacial score (nSPS) is 5.71. The number of hydrogen-bond donors (Lipinski definition) is 2. The molecule has 0 aromatic rings. The van der Waals surface area contributed by atoms with Crippen molar-refractivity contribution in [2.24, 2.45) is 0 Å². The monoisotopic (exact) mass is 102 g/mol. The summed E-state index contributed by atoms with van der Waals surface area (Å²) in [6.07, 6.45) is 0. The molecule has 0 fully saturated rings. The lowest BCUT2D eigenvalue weighted by Gasteiger charge is -1.78. The van der Waals surface area contributed by atoms with E-state index in [9.17, 15) is 0 Å². The maximum atomic E-state index is 7.53. The Hall–Kier alpha value is 0.00987. The van der Waals surface area contributed by atoms with E-state index >= 15 is 0 Å². The zero-order valence-electron chi connectivity index (χ0n) is 4.46. The van der Waals surface area contributed by atoms with E-state index in [4.69, 9.17) is 10.0 Å². The first-order chi connectivity index (χ1) is 3.41. The minimum Gasteiger partial charge on any atom is -0.456 e. The van der Waals surface area contributed by atoms with Gasteiger partial charge in [-0.2, -0.15) is 0 Å². The minimum atomic E-state index is 0.375. The predicted molar refractivity (Wildman–Crippen MR) is 28.4 cm³/mol. The molecular formula is C2H8B2O3. The average Bonchev–Trinajstić information content (AvgIpc) is 1.75. The molecule has 3 nitrogen and oxygen atoms in total. The maximum absolute atomic E-state index is 7.53. The number of hydrogen-bond acceptors (Lipinski definition) is 3. The van der Waals surface area contributed by atoms with Crippen molar-refractivity contribution in [1.82, 2.24) is 0 Å². The fourth-order valence-electron chi connectivity index (χ4n) is 0.0272. The van der Waals surface area contributed by atoms with Crippen LogP contribution >= 0.6 is 0 Å². The molecule has 0 heterocycles. The van der Waals surface area contributed by atoms with Crippen LogP contribution in [0.3, 0.4) is 0 Å². The lowest BCUT2D eigenvalue weighted by atomic mass is 10.3. The Morgan fingerprint density at radius 2 is 1.43 bits per heavy atom. The molecule has 0 aliphatic carbocycles. The summed E-state index contributed by atoms with van der Waals surface area (Å²) in [5.41, 5.74) is 0. The highest BCUT2D eigenvalue weighted by Gasteiger charge is 1.80. The van der Waals surface area contributed by atoms with Crippen LogP contribution in [0.25, 0.3) is 0 Å². The minimum absolute atomic E-state index is 0.375. The van der Waals surface area contributed by atoms with Gasteiger partial charge in [-0.3, -0.25) is 0 Å². The highest BCUT2D eigenvalue weighted by atomic mass is 16.5. The summed E-state index contributed by atoms with van der Waals surface area (Å²) in [5.74, 6) is 0. The van der Waals surface area contributed by atoms with Crippen LogP contribution < -0.4 is 0 Å². The molecule has 0 aromatic carbocycles. The van der Waals surface area contributed by atoms with Gasteiger partial charge in [0.15, 0.2) is 0 Å². The predicted octanol–water partition coefficient (Wildman–Crippen LogP) is -0.918. The quantitative estimate of drug-likeness (QED) is 0.443. The largest absolute Gasteiger partial charge is 0.469 e. The Bertz CT molecular complexity index is 18.4. The summed E-state index contributed by atoms with van der Waals surface area (Å²) < 4.78 is 3.69. The first-order valence-corrected chi connectivity index (χ1v) is 1.99. The van der Waals surface area contributed by atoms with Gasteiger partial charge in [0.05, 0.1) is 0 Å². The van der Waals surface area contributed by atoms with Gasteiger partial charge in [-0.15, -0.1) is 0 Å². The molecule has 0 unspecified atom stereocenters. The maximum Gasteiger partial charge on any atom is 0.469 e. The Morgan fingerprint density at radius 3 is 1.43 bits per heavy atom. The molecule has 2 N–H and O–H groups in total. The molecule has 0 bridgehead atoms. The van der Waals surface area contributed by atoms with Crippen LogP contribution in [0, 0.1) is 0 Å². The van der Waals surface area contributed by atoms with Gasteiger partial charge in [0.25, 0.3) is 0 Å². The van der Waals surface area contributed by atoms with E-state index in [2.05, 4.69) is 4.57 Å². The van der Waals surface area contributed by atoms with E-state index in [1.165, 1.54) is 0 Å². The number of rotatable bonds is 2. The molecule has 0 aromatic heterocycles. The molecule has 0 saturated heterocycles. The first-order valence-electron chi connectivity index (χ1n) is 1.99. The third-order valence-electron chi connectivity index (χ3n) is 0.122. The molecule has 0 saturated carbocycles. The third-order valence-corrected chi connectivity index (χ3v) is 0.122. The van der Waals surface area contributed by atoms with Crippen LogP contribution in [0.1, 0.15) is 13.8 Å². The molecule has 0 spiro atoms. The van der Waals surface area contributed by atoms with Gasteiger partial charge in [-0.1, -0.05) is 13.8 Å². The van der Waals surface area contributed by atoms with Crippen LogP contribution in [0.5, 0.6) is 0 Å².